The smallest absolute Gasteiger partial charge is 0.390 e. The van der Waals surface area contributed by atoms with Gasteiger partial charge in [0.2, 0.25) is 0 Å². The van der Waals surface area contributed by atoms with Crippen molar-refractivity contribution in [2.75, 3.05) is 6.61 Å². The van der Waals surface area contributed by atoms with Crippen LogP contribution in [0.3, 0.4) is 0 Å². The van der Waals surface area contributed by atoms with E-state index < -0.39 is 17.1 Å². The fourth-order valence-electron chi connectivity index (χ4n) is 0.624. The summed E-state index contributed by atoms with van der Waals surface area (Å²) >= 11 is 0. The molecule has 12 heavy (non-hydrogen) atoms. The van der Waals surface area contributed by atoms with Crippen molar-refractivity contribution in [2.45, 2.75) is 18.9 Å². The average molecular weight is 216 g/mol. The molecule has 0 aromatic heterocycles. The van der Waals surface area contributed by atoms with Crippen LogP contribution in [-0.4, -0.2) is 34.7 Å². The zero-order chi connectivity index (χ0) is 9.61. The van der Waals surface area contributed by atoms with Crippen molar-refractivity contribution in [2.24, 2.45) is 0 Å². The van der Waals surface area contributed by atoms with Crippen molar-refractivity contribution in [1.29, 1.82) is 0 Å². The van der Waals surface area contributed by atoms with Crippen LogP contribution in [0.25, 0.3) is 0 Å². The second-order valence-electron chi connectivity index (χ2n) is 2.35. The molecule has 0 saturated heterocycles. The van der Waals surface area contributed by atoms with E-state index in [1.54, 1.807) is 0 Å². The number of unbranched alkanes of at least 4 members (excludes halogenated alkanes) is 1. The van der Waals surface area contributed by atoms with Crippen molar-refractivity contribution in [3.05, 3.63) is 0 Å². The third-order valence-corrected chi connectivity index (χ3v) is 2.61. The predicted molar refractivity (Wildman–Crippen MR) is 43.6 cm³/mol. The van der Waals surface area contributed by atoms with Crippen LogP contribution in [0.15, 0.2) is 0 Å². The Balaban J connectivity index is 3.17. The lowest BCUT2D eigenvalue weighted by Crippen LogP contribution is -2.34. The Bertz CT molecular complexity index is 145. The first-order valence-corrected chi connectivity index (χ1v) is 6.76. The van der Waals surface area contributed by atoms with Crippen molar-refractivity contribution in [3.8, 4) is 0 Å². The van der Waals surface area contributed by atoms with E-state index in [1.165, 1.54) is 0 Å². The van der Waals surface area contributed by atoms with Gasteiger partial charge in [-0.3, -0.25) is 4.57 Å². The SMILES string of the molecule is O=[PH](O)OCCCC[Si](O)(O)O. The summed E-state index contributed by atoms with van der Waals surface area (Å²) in [6.07, 6.45) is 0.790. The van der Waals surface area contributed by atoms with E-state index in [2.05, 4.69) is 4.52 Å². The zero-order valence-corrected chi connectivity index (χ0v) is 8.43. The van der Waals surface area contributed by atoms with Gasteiger partial charge in [-0.05, 0) is 12.8 Å². The molecule has 0 fully saturated rings. The van der Waals surface area contributed by atoms with Gasteiger partial charge < -0.3 is 23.8 Å². The molecule has 0 rings (SSSR count). The minimum Gasteiger partial charge on any atom is -0.390 e. The molecule has 1 atom stereocenters. The molecule has 0 saturated carbocycles. The van der Waals surface area contributed by atoms with E-state index in [4.69, 9.17) is 19.3 Å². The Morgan fingerprint density at radius 1 is 1.25 bits per heavy atom. The molecule has 0 aromatic carbocycles. The average Bonchev–Trinajstić information content (AvgIpc) is 1.83. The second-order valence-corrected chi connectivity index (χ2v) is 5.21. The molecule has 0 amide bonds. The van der Waals surface area contributed by atoms with Gasteiger partial charge >= 0.3 is 17.1 Å². The van der Waals surface area contributed by atoms with Crippen molar-refractivity contribution in [3.63, 3.8) is 0 Å². The van der Waals surface area contributed by atoms with Crippen LogP contribution < -0.4 is 0 Å². The van der Waals surface area contributed by atoms with E-state index in [0.29, 0.717) is 12.8 Å². The lowest BCUT2D eigenvalue weighted by Gasteiger charge is -2.07. The quantitative estimate of drug-likeness (QED) is 0.260. The maximum atomic E-state index is 9.98. The molecule has 74 valence electrons. The van der Waals surface area contributed by atoms with Crippen LogP contribution in [0.1, 0.15) is 12.8 Å². The van der Waals surface area contributed by atoms with E-state index in [-0.39, 0.29) is 12.7 Å². The maximum absolute atomic E-state index is 9.98. The molecule has 0 heterocycles. The Morgan fingerprint density at radius 3 is 2.25 bits per heavy atom. The van der Waals surface area contributed by atoms with Crippen LogP contribution in [-0.2, 0) is 9.09 Å². The highest BCUT2D eigenvalue weighted by molar-refractivity contribution is 7.32. The summed E-state index contributed by atoms with van der Waals surface area (Å²) in [5, 5.41) is 0. The van der Waals surface area contributed by atoms with E-state index in [1.807, 2.05) is 0 Å². The molecule has 0 aliphatic heterocycles. The number of hydrogen-bond acceptors (Lipinski definition) is 5. The zero-order valence-electron chi connectivity index (χ0n) is 6.43. The molecule has 0 aliphatic carbocycles. The fourth-order valence-corrected chi connectivity index (χ4v) is 1.67. The monoisotopic (exact) mass is 216 g/mol. The highest BCUT2D eigenvalue weighted by atomic mass is 31.1. The van der Waals surface area contributed by atoms with Crippen molar-refractivity contribution >= 4 is 17.1 Å². The predicted octanol–water partition coefficient (Wildman–Crippen LogP) is -0.919. The maximum Gasteiger partial charge on any atom is 0.492 e. The third-order valence-electron chi connectivity index (χ3n) is 1.13. The first kappa shape index (κ1) is 12.2. The summed E-state index contributed by atoms with van der Waals surface area (Å²) in [4.78, 5) is 33.8. The van der Waals surface area contributed by atoms with Gasteiger partial charge in [0.1, 0.15) is 0 Å². The third kappa shape index (κ3) is 10.2. The summed E-state index contributed by atoms with van der Waals surface area (Å²) in [7, 11) is -6.80. The first-order valence-electron chi connectivity index (χ1n) is 3.44. The summed E-state index contributed by atoms with van der Waals surface area (Å²) in [6, 6.07) is -0.0667. The van der Waals surface area contributed by atoms with Gasteiger partial charge in [-0.15, -0.1) is 0 Å². The molecule has 8 heteroatoms. The molecular weight excluding hydrogens is 203 g/mol. The van der Waals surface area contributed by atoms with Gasteiger partial charge in [-0.2, -0.15) is 0 Å². The highest BCUT2D eigenvalue weighted by Gasteiger charge is 2.25. The van der Waals surface area contributed by atoms with Crippen LogP contribution in [0.2, 0.25) is 6.04 Å². The van der Waals surface area contributed by atoms with E-state index >= 15 is 0 Å². The Labute approximate surface area is 71.8 Å². The summed E-state index contributed by atoms with van der Waals surface area (Å²) in [6.45, 7) is 0.0960. The van der Waals surface area contributed by atoms with Gasteiger partial charge in [0.15, 0.2) is 0 Å². The molecule has 4 N–H and O–H groups in total. The molecule has 0 aliphatic rings. The molecule has 0 aromatic rings. The molecular formula is C4H13O6PSi. The van der Waals surface area contributed by atoms with E-state index in [9.17, 15) is 4.57 Å². The summed E-state index contributed by atoms with van der Waals surface area (Å²) in [5.41, 5.74) is 0. The first-order chi connectivity index (χ1) is 5.42. The molecule has 0 bridgehead atoms. The minimum absolute atomic E-state index is 0.0667. The van der Waals surface area contributed by atoms with Crippen LogP contribution in [0, 0.1) is 0 Å². The molecule has 1 unspecified atom stereocenters. The van der Waals surface area contributed by atoms with Gasteiger partial charge in [0, 0.05) is 6.04 Å². The fraction of sp³-hybridized carbons (Fsp3) is 1.00. The van der Waals surface area contributed by atoms with Gasteiger partial charge in [0.05, 0.1) is 6.61 Å². The summed E-state index contributed by atoms with van der Waals surface area (Å²) < 4.78 is 14.3. The van der Waals surface area contributed by atoms with Gasteiger partial charge in [-0.1, -0.05) is 0 Å². The van der Waals surface area contributed by atoms with Crippen LogP contribution in [0.4, 0.5) is 0 Å². The summed E-state index contributed by atoms with van der Waals surface area (Å²) in [5.74, 6) is 0. The highest BCUT2D eigenvalue weighted by Crippen LogP contribution is 2.15. The Hall–Kier alpha value is 0.247. The normalized spacial score (nSPS) is 14.7. The van der Waals surface area contributed by atoms with Gasteiger partial charge in [-0.25, -0.2) is 0 Å². The van der Waals surface area contributed by atoms with Crippen molar-refractivity contribution in [1.82, 2.24) is 0 Å². The van der Waals surface area contributed by atoms with Crippen molar-refractivity contribution < 1.29 is 28.4 Å². The molecule has 0 radical (unpaired) electrons. The van der Waals surface area contributed by atoms with E-state index in [0.717, 1.165) is 0 Å². The second kappa shape index (κ2) is 5.82. The van der Waals surface area contributed by atoms with Crippen LogP contribution >= 0.6 is 8.25 Å². The topological polar surface area (TPSA) is 107 Å². The van der Waals surface area contributed by atoms with Crippen LogP contribution in [0.5, 0.6) is 0 Å². The molecule has 6 nitrogen and oxygen atoms in total. The number of hydrogen-bond donors (Lipinski definition) is 4. The van der Waals surface area contributed by atoms with Gasteiger partial charge in [0.25, 0.3) is 0 Å². The molecule has 0 spiro atoms. The minimum atomic E-state index is -3.92. The largest absolute Gasteiger partial charge is 0.492 e. The Morgan fingerprint density at radius 2 is 1.83 bits per heavy atom. The number of rotatable bonds is 6. The lowest BCUT2D eigenvalue weighted by molar-refractivity contribution is 0.223. The Kier molecular flexibility index (Phi) is 5.94. The lowest BCUT2D eigenvalue weighted by atomic mass is 10.4. The standard InChI is InChI=1S/C4H13O6PSi/c5-11(6)10-3-1-2-4-12(7,8)9/h7-9,11H,1-4H2,(H,5,6).